The van der Waals surface area contributed by atoms with E-state index in [1.165, 1.54) is 29.1 Å². The molecule has 1 unspecified atom stereocenters. The van der Waals surface area contributed by atoms with Crippen molar-refractivity contribution in [3.63, 3.8) is 0 Å². The highest BCUT2D eigenvalue weighted by Gasteiger charge is 2.22. The van der Waals surface area contributed by atoms with Crippen molar-refractivity contribution in [3.05, 3.63) is 36.4 Å². The van der Waals surface area contributed by atoms with E-state index in [1.54, 1.807) is 6.20 Å². The molecule has 1 aromatic rings. The molecule has 0 amide bonds. The molecule has 1 aliphatic rings. The first-order valence-electron chi connectivity index (χ1n) is 4.12. The van der Waals surface area contributed by atoms with Crippen molar-refractivity contribution in [2.75, 3.05) is 0 Å². The van der Waals surface area contributed by atoms with Crippen molar-refractivity contribution in [1.29, 1.82) is 5.26 Å². The summed E-state index contributed by atoms with van der Waals surface area (Å²) in [5.74, 6) is -0.742. The summed E-state index contributed by atoms with van der Waals surface area (Å²) in [5, 5.41) is 16.2. The maximum atomic E-state index is 12.9. The van der Waals surface area contributed by atoms with Gasteiger partial charge in [0.2, 0.25) is 0 Å². The van der Waals surface area contributed by atoms with Crippen molar-refractivity contribution >= 4 is 0 Å². The van der Waals surface area contributed by atoms with Gasteiger partial charge in [0.15, 0.2) is 0 Å². The standard InChI is InChI=1S/C9H7FN4/c10-8-2-1-7(6-11)9(5-8)14-4-3-12-13-14/h1-5,7,9H/t7?,9-/m1/s1. The second-order valence-corrected chi connectivity index (χ2v) is 2.94. The van der Waals surface area contributed by atoms with Gasteiger partial charge in [-0.15, -0.1) is 5.10 Å². The van der Waals surface area contributed by atoms with Crippen molar-refractivity contribution in [3.8, 4) is 6.07 Å². The van der Waals surface area contributed by atoms with Crippen LogP contribution in [0.1, 0.15) is 6.04 Å². The maximum absolute atomic E-state index is 12.9. The van der Waals surface area contributed by atoms with E-state index in [0.717, 1.165) is 0 Å². The molecule has 0 radical (unpaired) electrons. The first-order chi connectivity index (χ1) is 6.81. The molecule has 5 heteroatoms. The monoisotopic (exact) mass is 190 g/mol. The number of aromatic nitrogens is 3. The van der Waals surface area contributed by atoms with Crippen LogP contribution in [0.2, 0.25) is 0 Å². The molecule has 0 aromatic carbocycles. The Labute approximate surface area is 80.0 Å². The van der Waals surface area contributed by atoms with Gasteiger partial charge in [0.1, 0.15) is 5.83 Å². The van der Waals surface area contributed by atoms with Gasteiger partial charge < -0.3 is 0 Å². The highest BCUT2D eigenvalue weighted by Crippen LogP contribution is 2.26. The number of nitrogens with zero attached hydrogens (tertiary/aromatic N) is 4. The molecule has 0 aliphatic heterocycles. The summed E-state index contributed by atoms with van der Waals surface area (Å²) in [6.45, 7) is 0. The number of hydrogen-bond acceptors (Lipinski definition) is 3. The molecule has 0 N–H and O–H groups in total. The van der Waals surface area contributed by atoms with Crippen LogP contribution in [0.15, 0.2) is 36.4 Å². The molecular weight excluding hydrogens is 183 g/mol. The number of hydrogen-bond donors (Lipinski definition) is 0. The highest BCUT2D eigenvalue weighted by molar-refractivity contribution is 5.25. The molecule has 1 aliphatic carbocycles. The van der Waals surface area contributed by atoms with Crippen LogP contribution in [0.5, 0.6) is 0 Å². The topological polar surface area (TPSA) is 54.5 Å². The number of halogens is 1. The number of rotatable bonds is 1. The summed E-state index contributed by atoms with van der Waals surface area (Å²) >= 11 is 0. The van der Waals surface area contributed by atoms with Crippen molar-refractivity contribution in [1.82, 2.24) is 15.0 Å². The molecule has 14 heavy (non-hydrogen) atoms. The predicted octanol–water partition coefficient (Wildman–Crippen LogP) is 1.38. The Morgan fingerprint density at radius 1 is 1.57 bits per heavy atom. The fraction of sp³-hybridized carbons (Fsp3) is 0.222. The van der Waals surface area contributed by atoms with Crippen molar-refractivity contribution in [2.24, 2.45) is 5.92 Å². The summed E-state index contributed by atoms with van der Waals surface area (Å²) < 4.78 is 14.4. The molecule has 4 nitrogen and oxygen atoms in total. The Morgan fingerprint density at radius 2 is 2.43 bits per heavy atom. The van der Waals surface area contributed by atoms with Gasteiger partial charge >= 0.3 is 0 Å². The average Bonchev–Trinajstić information content (AvgIpc) is 2.70. The average molecular weight is 190 g/mol. The van der Waals surface area contributed by atoms with Crippen LogP contribution in [0.25, 0.3) is 0 Å². The second-order valence-electron chi connectivity index (χ2n) is 2.94. The predicted molar refractivity (Wildman–Crippen MR) is 46.5 cm³/mol. The molecule has 2 rings (SSSR count). The molecule has 0 bridgehead atoms. The van der Waals surface area contributed by atoms with Gasteiger partial charge in [-0.1, -0.05) is 11.3 Å². The molecule has 1 aromatic heterocycles. The lowest BCUT2D eigenvalue weighted by Crippen LogP contribution is -2.17. The van der Waals surface area contributed by atoms with E-state index in [4.69, 9.17) is 5.26 Å². The normalized spacial score (nSPS) is 25.6. The van der Waals surface area contributed by atoms with Crippen LogP contribution in [0.3, 0.4) is 0 Å². The minimum Gasteiger partial charge on any atom is -0.244 e. The molecular formula is C9H7FN4. The fourth-order valence-corrected chi connectivity index (χ4v) is 1.37. The summed E-state index contributed by atoms with van der Waals surface area (Å²) in [5.41, 5.74) is 0. The van der Waals surface area contributed by atoms with E-state index in [1.807, 2.05) is 0 Å². The van der Waals surface area contributed by atoms with Crippen LogP contribution in [-0.2, 0) is 0 Å². The van der Waals surface area contributed by atoms with Crippen LogP contribution in [0, 0.1) is 17.2 Å². The van der Waals surface area contributed by atoms with Crippen LogP contribution in [0.4, 0.5) is 4.39 Å². The number of nitriles is 1. The summed E-state index contributed by atoms with van der Waals surface area (Å²) in [7, 11) is 0. The van der Waals surface area contributed by atoms with E-state index < -0.39 is 12.0 Å². The zero-order chi connectivity index (χ0) is 9.97. The highest BCUT2D eigenvalue weighted by atomic mass is 19.1. The maximum Gasteiger partial charge on any atom is 0.121 e. The first kappa shape index (κ1) is 8.63. The summed E-state index contributed by atoms with van der Waals surface area (Å²) in [6, 6.07) is 1.68. The third-order valence-electron chi connectivity index (χ3n) is 2.06. The molecule has 0 fully saturated rings. The molecule has 0 saturated heterocycles. The minimum absolute atomic E-state index is 0.350. The number of allylic oxidation sites excluding steroid dienone is 4. The van der Waals surface area contributed by atoms with E-state index in [9.17, 15) is 4.39 Å². The molecule has 0 saturated carbocycles. The van der Waals surface area contributed by atoms with E-state index >= 15 is 0 Å². The van der Waals surface area contributed by atoms with Crippen molar-refractivity contribution < 1.29 is 4.39 Å². The van der Waals surface area contributed by atoms with E-state index in [2.05, 4.69) is 16.4 Å². The van der Waals surface area contributed by atoms with Crippen molar-refractivity contribution in [2.45, 2.75) is 6.04 Å². The third kappa shape index (κ3) is 1.42. The van der Waals surface area contributed by atoms with Gasteiger partial charge in [0, 0.05) is 6.20 Å². The molecule has 70 valence electrons. The van der Waals surface area contributed by atoms with Crippen LogP contribution in [-0.4, -0.2) is 15.0 Å². The lowest BCUT2D eigenvalue weighted by atomic mass is 9.96. The first-order valence-corrected chi connectivity index (χ1v) is 4.12. The Hall–Kier alpha value is -1.96. The van der Waals surface area contributed by atoms with Gasteiger partial charge in [-0.3, -0.25) is 0 Å². The van der Waals surface area contributed by atoms with Gasteiger partial charge in [-0.05, 0) is 12.2 Å². The van der Waals surface area contributed by atoms with E-state index in [-0.39, 0.29) is 5.83 Å². The Morgan fingerprint density at radius 3 is 3.07 bits per heavy atom. The van der Waals surface area contributed by atoms with Gasteiger partial charge in [0.25, 0.3) is 0 Å². The minimum atomic E-state index is -0.396. The lowest BCUT2D eigenvalue weighted by molar-refractivity contribution is 0.452. The van der Waals surface area contributed by atoms with Gasteiger partial charge in [-0.25, -0.2) is 9.07 Å². The van der Waals surface area contributed by atoms with E-state index in [0.29, 0.717) is 0 Å². The Balaban J connectivity index is 2.34. The van der Waals surface area contributed by atoms with Gasteiger partial charge in [0.05, 0.1) is 24.2 Å². The SMILES string of the molecule is N#CC1C=CC(F)=C[C@H]1n1ccnn1. The van der Waals surface area contributed by atoms with Crippen LogP contribution >= 0.6 is 0 Å². The molecule has 0 spiro atoms. The second kappa shape index (κ2) is 3.42. The quantitative estimate of drug-likeness (QED) is 0.672. The largest absolute Gasteiger partial charge is 0.244 e. The zero-order valence-corrected chi connectivity index (χ0v) is 7.21. The molecule has 2 atom stereocenters. The van der Waals surface area contributed by atoms with Crippen LogP contribution < -0.4 is 0 Å². The Bertz CT molecular complexity index is 413. The zero-order valence-electron chi connectivity index (χ0n) is 7.21. The fourth-order valence-electron chi connectivity index (χ4n) is 1.37. The van der Waals surface area contributed by atoms with Gasteiger partial charge in [-0.2, -0.15) is 5.26 Å². The smallest absolute Gasteiger partial charge is 0.121 e. The summed E-state index contributed by atoms with van der Waals surface area (Å²) in [4.78, 5) is 0. The molecule has 1 heterocycles. The lowest BCUT2D eigenvalue weighted by Gasteiger charge is -2.18. The summed E-state index contributed by atoms with van der Waals surface area (Å²) in [6.07, 6.45) is 7.29. The third-order valence-corrected chi connectivity index (χ3v) is 2.06. The Kier molecular flexibility index (Phi) is 2.11.